The number of hydrogen-bond acceptors (Lipinski definition) is 2. The maximum Gasteiger partial charge on any atom is 0.155 e. The average Bonchev–Trinajstić information content (AvgIpc) is 2.12. The van der Waals surface area contributed by atoms with E-state index in [0.717, 1.165) is 0 Å². The summed E-state index contributed by atoms with van der Waals surface area (Å²) < 4.78 is 12.8. The third-order valence-corrected chi connectivity index (χ3v) is 1.75. The van der Waals surface area contributed by atoms with Gasteiger partial charge in [0.2, 0.25) is 0 Å². The normalized spacial score (nSPS) is 10.7. The van der Waals surface area contributed by atoms with Crippen LogP contribution in [0.4, 0.5) is 10.1 Å². The molecule has 0 amide bonds. The number of nitrogens with two attached hydrogens (primary N) is 1. The molecule has 0 aliphatic carbocycles. The molecule has 0 unspecified atom stereocenters. The fourth-order valence-electron chi connectivity index (χ4n) is 1.04. The summed E-state index contributed by atoms with van der Waals surface area (Å²) in [5, 5.41) is 0. The third kappa shape index (κ3) is 3.01. The number of allylic oxidation sites excluding steroid dienone is 1. The van der Waals surface area contributed by atoms with E-state index in [1.54, 1.807) is 19.1 Å². The molecule has 3 heteroatoms. The van der Waals surface area contributed by atoms with E-state index in [2.05, 4.69) is 0 Å². The quantitative estimate of drug-likeness (QED) is 0.591. The van der Waals surface area contributed by atoms with Crippen LogP contribution in [0, 0.1) is 5.82 Å². The second kappa shape index (κ2) is 4.56. The number of rotatable bonds is 3. The molecule has 74 valence electrons. The van der Waals surface area contributed by atoms with Crippen LogP contribution >= 0.6 is 0 Å². The highest BCUT2D eigenvalue weighted by Crippen LogP contribution is 2.12. The molecule has 14 heavy (non-hydrogen) atoms. The standard InChI is InChI=1S/C11H12FNO/c1-2-11(14)4-3-8-5-9(12)7-10(13)6-8/h3-7H,2,13H2,1H3/b4-3+. The fourth-order valence-corrected chi connectivity index (χ4v) is 1.04. The molecule has 1 aromatic rings. The first-order chi connectivity index (χ1) is 6.61. The predicted molar refractivity (Wildman–Crippen MR) is 55.1 cm³/mol. The summed E-state index contributed by atoms with van der Waals surface area (Å²) >= 11 is 0. The highest BCUT2D eigenvalue weighted by molar-refractivity contribution is 5.93. The maximum atomic E-state index is 12.8. The summed E-state index contributed by atoms with van der Waals surface area (Å²) in [4.78, 5) is 10.9. The molecule has 0 atom stereocenters. The van der Waals surface area contributed by atoms with E-state index in [0.29, 0.717) is 17.7 Å². The lowest BCUT2D eigenvalue weighted by molar-refractivity contribution is -0.114. The second-order valence-corrected chi connectivity index (χ2v) is 2.97. The van der Waals surface area contributed by atoms with Crippen LogP contribution in [0.2, 0.25) is 0 Å². The Morgan fingerprint density at radius 3 is 2.79 bits per heavy atom. The minimum absolute atomic E-state index is 0.00725. The number of hydrogen-bond donors (Lipinski definition) is 1. The number of anilines is 1. The Morgan fingerprint density at radius 1 is 1.50 bits per heavy atom. The van der Waals surface area contributed by atoms with Crippen molar-refractivity contribution in [3.05, 3.63) is 35.7 Å². The lowest BCUT2D eigenvalue weighted by Gasteiger charge is -1.97. The first-order valence-corrected chi connectivity index (χ1v) is 4.39. The van der Waals surface area contributed by atoms with Crippen molar-refractivity contribution in [2.75, 3.05) is 5.73 Å². The molecule has 0 aromatic heterocycles. The topological polar surface area (TPSA) is 43.1 Å². The van der Waals surface area contributed by atoms with E-state index in [1.165, 1.54) is 18.2 Å². The van der Waals surface area contributed by atoms with Gasteiger partial charge in [-0.2, -0.15) is 0 Å². The zero-order chi connectivity index (χ0) is 10.6. The molecule has 0 radical (unpaired) electrons. The van der Waals surface area contributed by atoms with E-state index < -0.39 is 5.82 Å². The Kier molecular flexibility index (Phi) is 3.40. The first kappa shape index (κ1) is 10.4. The Balaban J connectivity index is 2.86. The molecule has 0 fully saturated rings. The number of ketones is 1. The van der Waals surface area contributed by atoms with Crippen LogP contribution in [0.3, 0.4) is 0 Å². The summed E-state index contributed by atoms with van der Waals surface area (Å²) in [5.41, 5.74) is 6.40. The lowest BCUT2D eigenvalue weighted by atomic mass is 10.1. The predicted octanol–water partition coefficient (Wildman–Crippen LogP) is 2.40. The van der Waals surface area contributed by atoms with Gasteiger partial charge < -0.3 is 5.73 Å². The highest BCUT2D eigenvalue weighted by atomic mass is 19.1. The number of carbonyl (C=O) groups excluding carboxylic acids is 1. The zero-order valence-electron chi connectivity index (χ0n) is 7.96. The fraction of sp³-hybridized carbons (Fsp3) is 0.182. The Bertz CT molecular complexity index is 351. The van der Waals surface area contributed by atoms with Crippen LogP contribution in [0.1, 0.15) is 18.9 Å². The van der Waals surface area contributed by atoms with Crippen molar-refractivity contribution < 1.29 is 9.18 Å². The monoisotopic (exact) mass is 193 g/mol. The minimum Gasteiger partial charge on any atom is -0.399 e. The van der Waals surface area contributed by atoms with Gasteiger partial charge in [-0.1, -0.05) is 13.0 Å². The van der Waals surface area contributed by atoms with E-state index in [1.807, 2.05) is 0 Å². The number of nitrogen functional groups attached to an aromatic ring is 1. The van der Waals surface area contributed by atoms with Crippen molar-refractivity contribution in [1.82, 2.24) is 0 Å². The van der Waals surface area contributed by atoms with Crippen molar-refractivity contribution in [3.8, 4) is 0 Å². The summed E-state index contributed by atoms with van der Waals surface area (Å²) in [6.45, 7) is 1.77. The van der Waals surface area contributed by atoms with Crippen LogP contribution in [-0.2, 0) is 4.79 Å². The molecule has 0 saturated heterocycles. The Labute approximate surface area is 82.2 Å². The van der Waals surface area contributed by atoms with E-state index >= 15 is 0 Å². The lowest BCUT2D eigenvalue weighted by Crippen LogP contribution is -1.89. The van der Waals surface area contributed by atoms with Crippen LogP contribution in [-0.4, -0.2) is 5.78 Å². The summed E-state index contributed by atoms with van der Waals surface area (Å²) in [6.07, 6.45) is 3.43. The summed E-state index contributed by atoms with van der Waals surface area (Å²) in [7, 11) is 0. The van der Waals surface area contributed by atoms with Crippen LogP contribution in [0.25, 0.3) is 6.08 Å². The van der Waals surface area contributed by atoms with Crippen LogP contribution < -0.4 is 5.73 Å². The van der Waals surface area contributed by atoms with Gasteiger partial charge in [0.1, 0.15) is 5.82 Å². The minimum atomic E-state index is -0.395. The van der Waals surface area contributed by atoms with E-state index in [4.69, 9.17) is 5.73 Å². The summed E-state index contributed by atoms with van der Waals surface area (Å²) in [6, 6.07) is 4.18. The largest absolute Gasteiger partial charge is 0.399 e. The Morgan fingerprint density at radius 2 is 2.21 bits per heavy atom. The van der Waals surface area contributed by atoms with Gasteiger partial charge in [0.25, 0.3) is 0 Å². The molecule has 2 nitrogen and oxygen atoms in total. The molecule has 1 aromatic carbocycles. The first-order valence-electron chi connectivity index (χ1n) is 4.39. The number of halogens is 1. The smallest absolute Gasteiger partial charge is 0.155 e. The van der Waals surface area contributed by atoms with Crippen LogP contribution in [0.5, 0.6) is 0 Å². The molecule has 0 saturated carbocycles. The van der Waals surface area contributed by atoms with Gasteiger partial charge >= 0.3 is 0 Å². The van der Waals surface area contributed by atoms with Gasteiger partial charge in [0.05, 0.1) is 0 Å². The van der Waals surface area contributed by atoms with Crippen LogP contribution in [0.15, 0.2) is 24.3 Å². The van der Waals surface area contributed by atoms with Gasteiger partial charge in [-0.3, -0.25) is 4.79 Å². The van der Waals surface area contributed by atoms with Gasteiger partial charge in [-0.25, -0.2) is 4.39 Å². The molecular formula is C11H12FNO. The molecule has 0 bridgehead atoms. The average molecular weight is 193 g/mol. The highest BCUT2D eigenvalue weighted by Gasteiger charge is 1.96. The molecule has 0 aliphatic rings. The SMILES string of the molecule is CCC(=O)/C=C/c1cc(N)cc(F)c1. The summed E-state index contributed by atoms with van der Waals surface area (Å²) in [5.74, 6) is -0.388. The van der Waals surface area contributed by atoms with Crippen molar-refractivity contribution in [2.45, 2.75) is 13.3 Å². The number of benzene rings is 1. The van der Waals surface area contributed by atoms with Gasteiger partial charge in [-0.05, 0) is 29.8 Å². The van der Waals surface area contributed by atoms with E-state index in [-0.39, 0.29) is 5.78 Å². The van der Waals surface area contributed by atoms with E-state index in [9.17, 15) is 9.18 Å². The van der Waals surface area contributed by atoms with Gasteiger partial charge in [0, 0.05) is 12.1 Å². The molecule has 0 heterocycles. The maximum absolute atomic E-state index is 12.8. The van der Waals surface area contributed by atoms with Crippen molar-refractivity contribution in [1.29, 1.82) is 0 Å². The molecule has 1 rings (SSSR count). The number of carbonyl (C=O) groups is 1. The third-order valence-electron chi connectivity index (χ3n) is 1.75. The molecule has 0 aliphatic heterocycles. The zero-order valence-corrected chi connectivity index (χ0v) is 7.96. The van der Waals surface area contributed by atoms with Crippen molar-refractivity contribution in [3.63, 3.8) is 0 Å². The second-order valence-electron chi connectivity index (χ2n) is 2.97. The van der Waals surface area contributed by atoms with Crippen molar-refractivity contribution in [2.24, 2.45) is 0 Å². The van der Waals surface area contributed by atoms with Crippen molar-refractivity contribution >= 4 is 17.5 Å². The van der Waals surface area contributed by atoms with Gasteiger partial charge in [0.15, 0.2) is 5.78 Å². The molecule has 2 N–H and O–H groups in total. The Hall–Kier alpha value is -1.64. The molecular weight excluding hydrogens is 181 g/mol. The molecule has 0 spiro atoms. The van der Waals surface area contributed by atoms with Gasteiger partial charge in [-0.15, -0.1) is 0 Å².